The van der Waals surface area contributed by atoms with Gasteiger partial charge in [-0.1, -0.05) is 54.4 Å². The summed E-state index contributed by atoms with van der Waals surface area (Å²) in [5.74, 6) is 1.15. The highest BCUT2D eigenvalue weighted by Crippen LogP contribution is 2.37. The van der Waals surface area contributed by atoms with Gasteiger partial charge in [0.05, 0.1) is 0 Å². The van der Waals surface area contributed by atoms with Crippen LogP contribution < -0.4 is 0 Å². The lowest BCUT2D eigenvalue weighted by atomic mass is 9.75. The second-order valence-electron chi connectivity index (χ2n) is 10.3. The second kappa shape index (κ2) is 10.1. The van der Waals surface area contributed by atoms with Gasteiger partial charge in [0, 0.05) is 0 Å². The molecule has 2 fully saturated rings. The molecule has 0 radical (unpaired) electrons. The number of ether oxygens (including phenoxy) is 2. The van der Waals surface area contributed by atoms with Crippen molar-refractivity contribution in [1.29, 1.82) is 0 Å². The van der Waals surface area contributed by atoms with Crippen LogP contribution in [0.5, 0.6) is 0 Å². The van der Waals surface area contributed by atoms with E-state index in [4.69, 9.17) is 9.47 Å². The zero-order chi connectivity index (χ0) is 21.0. The summed E-state index contributed by atoms with van der Waals surface area (Å²) in [6, 6.07) is 0. The molecule has 0 N–H and O–H groups in total. The molecule has 0 heterocycles. The van der Waals surface area contributed by atoms with Gasteiger partial charge in [-0.15, -0.1) is 0 Å². The van der Waals surface area contributed by atoms with Crippen LogP contribution in [0.15, 0.2) is 0 Å². The Morgan fingerprint density at radius 1 is 0.679 bits per heavy atom. The molecule has 0 unspecified atom stereocenters. The Morgan fingerprint density at radius 3 is 1.36 bits per heavy atom. The van der Waals surface area contributed by atoms with Gasteiger partial charge < -0.3 is 9.47 Å². The normalized spacial score (nSPS) is 33.9. The van der Waals surface area contributed by atoms with E-state index in [1.807, 2.05) is 0 Å². The molecule has 0 aromatic carbocycles. The molecule has 0 aromatic rings. The van der Waals surface area contributed by atoms with Gasteiger partial charge in [0.2, 0.25) is 0 Å². The Morgan fingerprint density at radius 2 is 1.04 bits per heavy atom. The molecule has 4 nitrogen and oxygen atoms in total. The van der Waals surface area contributed by atoms with Crippen LogP contribution in [-0.2, 0) is 19.1 Å². The molecular weight excluding hydrogens is 352 g/mol. The summed E-state index contributed by atoms with van der Waals surface area (Å²) in [6.07, 6.45) is 6.18. The van der Waals surface area contributed by atoms with Gasteiger partial charge in [-0.2, -0.15) is 0 Å². The molecule has 0 bridgehead atoms. The van der Waals surface area contributed by atoms with Crippen LogP contribution in [0, 0.1) is 41.4 Å². The predicted octanol–water partition coefficient (Wildman–Crippen LogP) is 5.63. The van der Waals surface area contributed by atoms with Gasteiger partial charge in [0.1, 0.15) is 12.2 Å². The van der Waals surface area contributed by atoms with Crippen molar-refractivity contribution in [2.45, 2.75) is 99.2 Å². The molecule has 0 spiro atoms. The summed E-state index contributed by atoms with van der Waals surface area (Å²) in [5.41, 5.74) is 0. The van der Waals surface area contributed by atoms with Crippen LogP contribution in [0.25, 0.3) is 0 Å². The number of carbonyl (C=O) groups excluding carboxylic acids is 2. The quantitative estimate of drug-likeness (QED) is 0.433. The molecule has 0 aliphatic heterocycles. The minimum atomic E-state index is -0.852. The van der Waals surface area contributed by atoms with Crippen LogP contribution in [0.2, 0.25) is 0 Å². The van der Waals surface area contributed by atoms with Crippen LogP contribution in [0.1, 0.15) is 87.0 Å². The van der Waals surface area contributed by atoms with Crippen LogP contribution in [-0.4, -0.2) is 24.1 Å². The van der Waals surface area contributed by atoms with Crippen LogP contribution >= 0.6 is 0 Å². The van der Waals surface area contributed by atoms with E-state index in [0.29, 0.717) is 35.5 Å². The predicted molar refractivity (Wildman–Crippen MR) is 112 cm³/mol. The Labute approximate surface area is 172 Å². The Balaban J connectivity index is 1.96. The SMILES string of the molecule is CC(C(=O)O[C@@H]1C[C@H](C)CC[C@H]1C(C)C)C(=O)O[C@@H]1C[C@H](C)CC[C@H]1C(C)C. The third-order valence-corrected chi connectivity index (χ3v) is 7.16. The first-order chi connectivity index (χ1) is 13.1. The fourth-order valence-corrected chi connectivity index (χ4v) is 5.10. The van der Waals surface area contributed by atoms with Crippen LogP contribution in [0.4, 0.5) is 0 Å². The first-order valence-corrected chi connectivity index (χ1v) is 11.5. The zero-order valence-corrected chi connectivity index (χ0v) is 19.1. The number of rotatable bonds is 6. The molecule has 0 aromatic heterocycles. The fraction of sp³-hybridized carbons (Fsp3) is 0.917. The summed E-state index contributed by atoms with van der Waals surface area (Å²) in [6.45, 7) is 14.8. The molecule has 6 atom stereocenters. The van der Waals surface area contributed by atoms with Crippen molar-refractivity contribution in [2.75, 3.05) is 0 Å². The van der Waals surface area contributed by atoms with Crippen molar-refractivity contribution < 1.29 is 19.1 Å². The van der Waals surface area contributed by atoms with Crippen molar-refractivity contribution in [3.05, 3.63) is 0 Å². The van der Waals surface area contributed by atoms with E-state index in [2.05, 4.69) is 41.5 Å². The summed E-state index contributed by atoms with van der Waals surface area (Å²) in [7, 11) is 0. The highest BCUT2D eigenvalue weighted by molar-refractivity contribution is 5.94. The van der Waals surface area contributed by atoms with Crippen molar-refractivity contribution in [3.8, 4) is 0 Å². The van der Waals surface area contributed by atoms with Crippen molar-refractivity contribution in [3.63, 3.8) is 0 Å². The smallest absolute Gasteiger partial charge is 0.320 e. The van der Waals surface area contributed by atoms with Gasteiger partial charge in [0.15, 0.2) is 5.92 Å². The maximum Gasteiger partial charge on any atom is 0.320 e. The molecule has 4 heteroatoms. The highest BCUT2D eigenvalue weighted by Gasteiger charge is 2.38. The standard InChI is InChI=1S/C24H42O4/c1-14(2)19-10-8-16(5)12-21(19)27-23(25)18(7)24(26)28-22-13-17(6)9-11-20(22)15(3)4/h14-22H,8-13H2,1-7H3/t16-,17-,19+,20+,21-,22-/m1/s1. The van der Waals surface area contributed by atoms with E-state index in [-0.39, 0.29) is 12.2 Å². The summed E-state index contributed by atoms with van der Waals surface area (Å²) >= 11 is 0. The zero-order valence-electron chi connectivity index (χ0n) is 19.1. The topological polar surface area (TPSA) is 52.6 Å². The molecule has 0 amide bonds. The molecule has 2 aliphatic rings. The lowest BCUT2D eigenvalue weighted by molar-refractivity contribution is -0.174. The average molecular weight is 395 g/mol. The maximum atomic E-state index is 12.7. The molecular formula is C24H42O4. The van der Waals surface area contributed by atoms with Gasteiger partial charge in [-0.25, -0.2) is 0 Å². The van der Waals surface area contributed by atoms with E-state index in [9.17, 15) is 9.59 Å². The first kappa shape index (κ1) is 23.2. The molecule has 2 saturated carbocycles. The lowest BCUT2D eigenvalue weighted by Gasteiger charge is -2.38. The van der Waals surface area contributed by atoms with E-state index in [0.717, 1.165) is 25.7 Å². The fourth-order valence-electron chi connectivity index (χ4n) is 5.10. The van der Waals surface area contributed by atoms with Gasteiger partial charge in [0.25, 0.3) is 0 Å². The minimum Gasteiger partial charge on any atom is -0.461 e. The highest BCUT2D eigenvalue weighted by atomic mass is 16.6. The second-order valence-corrected chi connectivity index (χ2v) is 10.3. The monoisotopic (exact) mass is 394 g/mol. The Hall–Kier alpha value is -1.06. The van der Waals surface area contributed by atoms with Crippen molar-refractivity contribution in [1.82, 2.24) is 0 Å². The number of carbonyl (C=O) groups is 2. The molecule has 162 valence electrons. The maximum absolute atomic E-state index is 12.7. The largest absolute Gasteiger partial charge is 0.461 e. The Kier molecular flexibility index (Phi) is 8.39. The number of hydrogen-bond donors (Lipinski definition) is 0. The number of hydrogen-bond acceptors (Lipinski definition) is 4. The van der Waals surface area contributed by atoms with E-state index in [1.54, 1.807) is 6.92 Å². The van der Waals surface area contributed by atoms with E-state index < -0.39 is 17.9 Å². The van der Waals surface area contributed by atoms with E-state index >= 15 is 0 Å². The van der Waals surface area contributed by atoms with Crippen molar-refractivity contribution in [2.24, 2.45) is 41.4 Å². The van der Waals surface area contributed by atoms with Crippen LogP contribution in [0.3, 0.4) is 0 Å². The molecule has 28 heavy (non-hydrogen) atoms. The lowest BCUT2D eigenvalue weighted by Crippen LogP contribution is -2.40. The summed E-state index contributed by atoms with van der Waals surface area (Å²) < 4.78 is 11.7. The van der Waals surface area contributed by atoms with Crippen molar-refractivity contribution >= 4 is 11.9 Å². The average Bonchev–Trinajstić information content (AvgIpc) is 2.60. The van der Waals surface area contributed by atoms with Gasteiger partial charge in [-0.05, 0) is 68.1 Å². The first-order valence-electron chi connectivity index (χ1n) is 11.5. The van der Waals surface area contributed by atoms with Gasteiger partial charge in [-0.3, -0.25) is 9.59 Å². The molecule has 0 saturated heterocycles. The third kappa shape index (κ3) is 5.97. The molecule has 2 rings (SSSR count). The number of esters is 2. The van der Waals surface area contributed by atoms with E-state index in [1.165, 1.54) is 12.8 Å². The van der Waals surface area contributed by atoms with Gasteiger partial charge >= 0.3 is 11.9 Å². The molecule has 2 aliphatic carbocycles. The third-order valence-electron chi connectivity index (χ3n) is 7.16. The Bertz CT molecular complexity index is 481. The minimum absolute atomic E-state index is 0.0791. The summed E-state index contributed by atoms with van der Waals surface area (Å²) in [5, 5.41) is 0. The summed E-state index contributed by atoms with van der Waals surface area (Å²) in [4.78, 5) is 25.5.